The quantitative estimate of drug-likeness (QED) is 0.525. The topological polar surface area (TPSA) is 71.0 Å². The smallest absolute Gasteiger partial charge is 0.325 e. The van der Waals surface area contributed by atoms with E-state index in [1.807, 2.05) is 4.90 Å². The third-order valence-electron chi connectivity index (χ3n) is 2.64. The predicted octanol–water partition coefficient (Wildman–Crippen LogP) is -0.0643. The van der Waals surface area contributed by atoms with E-state index in [9.17, 15) is 9.70 Å². The monoisotopic (exact) mass is 215 g/mol. The Labute approximate surface area is 88.9 Å². The first-order valence-corrected chi connectivity index (χ1v) is 5.03. The minimum absolute atomic E-state index is 0.380. The number of likely N-dealkylation sites (tertiary alicyclic amines) is 1. The van der Waals surface area contributed by atoms with Crippen molar-refractivity contribution >= 4 is 5.97 Å². The SMILES string of the molecule is CNCN1CCCC(N=O)C1C(=O)OC. The molecule has 2 unspecified atom stereocenters. The Kier molecular flexibility index (Phi) is 4.64. The van der Waals surface area contributed by atoms with Gasteiger partial charge < -0.3 is 10.1 Å². The number of rotatable bonds is 4. The average Bonchev–Trinajstić information content (AvgIpc) is 2.28. The Balaban J connectivity index is 2.75. The number of nitrogens with one attached hydrogen (secondary N) is 1. The van der Waals surface area contributed by atoms with Crippen molar-refractivity contribution in [1.29, 1.82) is 0 Å². The predicted molar refractivity (Wildman–Crippen MR) is 55.3 cm³/mol. The highest BCUT2D eigenvalue weighted by atomic mass is 16.5. The van der Waals surface area contributed by atoms with Crippen LogP contribution in [0.15, 0.2) is 5.18 Å². The summed E-state index contributed by atoms with van der Waals surface area (Å²) in [5.41, 5.74) is 0. The molecular formula is C9H17N3O3. The largest absolute Gasteiger partial charge is 0.468 e. The standard InChI is InChI=1S/C9H17N3O3/c1-10-6-12-5-3-4-7(11-14)8(12)9(13)15-2/h7-8,10H,3-6H2,1-2H3. The van der Waals surface area contributed by atoms with E-state index in [4.69, 9.17) is 4.74 Å². The summed E-state index contributed by atoms with van der Waals surface area (Å²) >= 11 is 0. The van der Waals surface area contributed by atoms with Crippen LogP contribution in [0.4, 0.5) is 0 Å². The highest BCUT2D eigenvalue weighted by Crippen LogP contribution is 2.20. The molecule has 6 nitrogen and oxygen atoms in total. The van der Waals surface area contributed by atoms with E-state index in [2.05, 4.69) is 10.5 Å². The molecule has 1 aliphatic rings. The molecule has 86 valence electrons. The minimum Gasteiger partial charge on any atom is -0.468 e. The van der Waals surface area contributed by atoms with Gasteiger partial charge in [0.05, 0.1) is 7.11 Å². The molecule has 0 saturated carbocycles. The molecule has 0 aliphatic carbocycles. The van der Waals surface area contributed by atoms with Crippen LogP contribution in [0.2, 0.25) is 0 Å². The molecule has 6 heteroatoms. The van der Waals surface area contributed by atoms with Gasteiger partial charge in [-0.1, -0.05) is 5.18 Å². The number of nitroso groups, excluding NO2 is 1. The second-order valence-corrected chi connectivity index (χ2v) is 3.61. The summed E-state index contributed by atoms with van der Waals surface area (Å²) in [4.78, 5) is 24.1. The maximum absolute atomic E-state index is 11.5. The molecular weight excluding hydrogens is 198 g/mol. The lowest BCUT2D eigenvalue weighted by molar-refractivity contribution is -0.149. The van der Waals surface area contributed by atoms with Gasteiger partial charge in [-0.2, -0.15) is 4.91 Å². The molecule has 1 aliphatic heterocycles. The van der Waals surface area contributed by atoms with Crippen LogP contribution in [0.3, 0.4) is 0 Å². The fraction of sp³-hybridized carbons (Fsp3) is 0.889. The van der Waals surface area contributed by atoms with E-state index >= 15 is 0 Å². The van der Waals surface area contributed by atoms with E-state index in [0.29, 0.717) is 13.1 Å². The first-order chi connectivity index (χ1) is 7.24. The lowest BCUT2D eigenvalue weighted by Gasteiger charge is -2.35. The van der Waals surface area contributed by atoms with Crippen LogP contribution in [0.5, 0.6) is 0 Å². The Bertz CT molecular complexity index is 233. The number of methoxy groups -OCH3 is 1. The Hall–Kier alpha value is -1.01. The van der Waals surface area contributed by atoms with Gasteiger partial charge >= 0.3 is 5.97 Å². The lowest BCUT2D eigenvalue weighted by Crippen LogP contribution is -2.54. The Morgan fingerprint density at radius 1 is 1.67 bits per heavy atom. The average molecular weight is 215 g/mol. The zero-order valence-electron chi connectivity index (χ0n) is 9.10. The van der Waals surface area contributed by atoms with Gasteiger partial charge in [0.15, 0.2) is 0 Å². The van der Waals surface area contributed by atoms with E-state index in [-0.39, 0.29) is 5.97 Å². The highest BCUT2D eigenvalue weighted by Gasteiger charge is 2.38. The van der Waals surface area contributed by atoms with Crippen molar-refractivity contribution in [3.8, 4) is 0 Å². The fourth-order valence-electron chi connectivity index (χ4n) is 1.96. The summed E-state index contributed by atoms with van der Waals surface area (Å²) in [5, 5.41) is 5.98. The first kappa shape index (κ1) is 12.1. The number of ether oxygens (including phenoxy) is 1. The summed E-state index contributed by atoms with van der Waals surface area (Å²) in [6.07, 6.45) is 1.54. The summed E-state index contributed by atoms with van der Waals surface area (Å²) in [6, 6.07) is -1.02. The van der Waals surface area contributed by atoms with E-state index < -0.39 is 12.1 Å². The third kappa shape index (κ3) is 2.73. The molecule has 2 atom stereocenters. The van der Waals surface area contributed by atoms with Crippen LogP contribution in [-0.2, 0) is 9.53 Å². The van der Waals surface area contributed by atoms with E-state index in [0.717, 1.165) is 13.0 Å². The van der Waals surface area contributed by atoms with Gasteiger partial charge in [-0.3, -0.25) is 9.69 Å². The number of piperidine rings is 1. The third-order valence-corrected chi connectivity index (χ3v) is 2.64. The van der Waals surface area contributed by atoms with Crippen LogP contribution in [0, 0.1) is 4.91 Å². The van der Waals surface area contributed by atoms with Gasteiger partial charge in [0.25, 0.3) is 0 Å². The van der Waals surface area contributed by atoms with Crippen molar-refractivity contribution in [2.45, 2.75) is 24.9 Å². The zero-order valence-corrected chi connectivity index (χ0v) is 9.10. The second-order valence-electron chi connectivity index (χ2n) is 3.61. The molecule has 1 rings (SSSR count). The molecule has 15 heavy (non-hydrogen) atoms. The number of esters is 1. The molecule has 1 fully saturated rings. The number of nitrogens with zero attached hydrogens (tertiary/aromatic N) is 2. The molecule has 0 aromatic carbocycles. The van der Waals surface area contributed by atoms with Crippen molar-refractivity contribution in [1.82, 2.24) is 10.2 Å². The van der Waals surface area contributed by atoms with Crippen molar-refractivity contribution in [3.63, 3.8) is 0 Å². The van der Waals surface area contributed by atoms with Gasteiger partial charge in [0, 0.05) is 13.2 Å². The Morgan fingerprint density at radius 2 is 2.40 bits per heavy atom. The molecule has 0 aromatic heterocycles. The fourth-order valence-corrected chi connectivity index (χ4v) is 1.96. The summed E-state index contributed by atoms with van der Waals surface area (Å²) in [6.45, 7) is 1.35. The van der Waals surface area contributed by atoms with E-state index in [1.54, 1.807) is 7.05 Å². The summed E-state index contributed by atoms with van der Waals surface area (Å²) in [5.74, 6) is -0.380. The van der Waals surface area contributed by atoms with Crippen LogP contribution >= 0.6 is 0 Å². The van der Waals surface area contributed by atoms with Crippen molar-refractivity contribution in [2.75, 3.05) is 27.4 Å². The van der Waals surface area contributed by atoms with Gasteiger partial charge in [-0.15, -0.1) is 0 Å². The molecule has 0 aromatic rings. The first-order valence-electron chi connectivity index (χ1n) is 5.03. The van der Waals surface area contributed by atoms with Crippen LogP contribution < -0.4 is 5.32 Å². The summed E-state index contributed by atoms with van der Waals surface area (Å²) < 4.78 is 4.69. The number of carbonyl (C=O) groups excluding carboxylic acids is 1. The molecule has 1 saturated heterocycles. The molecule has 1 heterocycles. The molecule has 1 N–H and O–H groups in total. The lowest BCUT2D eigenvalue weighted by atomic mass is 9.97. The van der Waals surface area contributed by atoms with Gasteiger partial charge in [-0.25, -0.2) is 0 Å². The van der Waals surface area contributed by atoms with Crippen molar-refractivity contribution in [3.05, 3.63) is 4.91 Å². The minimum atomic E-state index is -0.534. The van der Waals surface area contributed by atoms with Crippen LogP contribution in [0.1, 0.15) is 12.8 Å². The van der Waals surface area contributed by atoms with Crippen LogP contribution in [0.25, 0.3) is 0 Å². The number of hydrogen-bond acceptors (Lipinski definition) is 6. The van der Waals surface area contributed by atoms with Crippen molar-refractivity contribution in [2.24, 2.45) is 5.18 Å². The van der Waals surface area contributed by atoms with Gasteiger partial charge in [0.1, 0.15) is 12.1 Å². The van der Waals surface area contributed by atoms with Gasteiger partial charge in [0.2, 0.25) is 0 Å². The molecule has 0 radical (unpaired) electrons. The summed E-state index contributed by atoms with van der Waals surface area (Å²) in [7, 11) is 3.13. The highest BCUT2D eigenvalue weighted by molar-refractivity contribution is 5.76. The normalized spacial score (nSPS) is 27.3. The Morgan fingerprint density at radius 3 is 2.93 bits per heavy atom. The van der Waals surface area contributed by atoms with Crippen molar-refractivity contribution < 1.29 is 9.53 Å². The van der Waals surface area contributed by atoms with Crippen LogP contribution in [-0.4, -0.2) is 50.3 Å². The second kappa shape index (κ2) is 5.77. The zero-order chi connectivity index (χ0) is 11.3. The maximum atomic E-state index is 11.5. The molecule has 0 amide bonds. The number of hydrogen-bond donors (Lipinski definition) is 1. The molecule has 0 spiro atoms. The molecule has 0 bridgehead atoms. The number of carbonyl (C=O) groups is 1. The van der Waals surface area contributed by atoms with E-state index in [1.165, 1.54) is 7.11 Å². The maximum Gasteiger partial charge on any atom is 0.325 e. The van der Waals surface area contributed by atoms with Gasteiger partial charge in [-0.05, 0) is 19.9 Å².